The molecule has 1 aliphatic heterocycles. The van der Waals surface area contributed by atoms with Gasteiger partial charge in [-0.25, -0.2) is 19.3 Å². The van der Waals surface area contributed by atoms with Gasteiger partial charge in [-0.2, -0.15) is 0 Å². The zero-order valence-corrected chi connectivity index (χ0v) is 14.5. The van der Waals surface area contributed by atoms with Gasteiger partial charge in [0, 0.05) is 42.9 Å². The van der Waals surface area contributed by atoms with Crippen LogP contribution in [0.3, 0.4) is 0 Å². The predicted octanol–water partition coefficient (Wildman–Crippen LogP) is 2.75. The summed E-state index contributed by atoms with van der Waals surface area (Å²) < 4.78 is 14.1. The third-order valence-corrected chi connectivity index (χ3v) is 4.62. The van der Waals surface area contributed by atoms with E-state index < -0.39 is 5.82 Å². The molecule has 0 aromatic carbocycles. The number of carbonyl (C=O) groups is 1. The molecule has 1 amide bonds. The van der Waals surface area contributed by atoms with Crippen LogP contribution in [-0.2, 0) is 4.79 Å². The first-order valence-corrected chi connectivity index (χ1v) is 8.64. The number of anilines is 1. The summed E-state index contributed by atoms with van der Waals surface area (Å²) in [5, 5.41) is 7.11. The molecule has 134 valence electrons. The molecule has 3 aromatic heterocycles. The number of piperidine rings is 1. The van der Waals surface area contributed by atoms with Crippen LogP contribution in [0.4, 0.5) is 10.2 Å². The van der Waals surface area contributed by atoms with Crippen molar-refractivity contribution in [2.75, 3.05) is 18.4 Å². The summed E-state index contributed by atoms with van der Waals surface area (Å²) in [6, 6.07) is 1.76. The minimum absolute atomic E-state index is 0.0587. The van der Waals surface area contributed by atoms with E-state index in [-0.39, 0.29) is 17.6 Å². The van der Waals surface area contributed by atoms with Gasteiger partial charge >= 0.3 is 0 Å². The van der Waals surface area contributed by atoms with E-state index in [9.17, 15) is 9.18 Å². The van der Waals surface area contributed by atoms with Crippen molar-refractivity contribution in [3.05, 3.63) is 35.5 Å². The molecule has 0 spiro atoms. The van der Waals surface area contributed by atoms with Crippen LogP contribution in [0.25, 0.3) is 22.4 Å². The topological polar surface area (TPSA) is 95.6 Å². The Morgan fingerprint density at radius 1 is 1.35 bits per heavy atom. The fourth-order valence-corrected chi connectivity index (χ4v) is 3.14. The molecule has 0 bridgehead atoms. The molecule has 7 nitrogen and oxygen atoms in total. The molecule has 0 saturated carbocycles. The van der Waals surface area contributed by atoms with Crippen molar-refractivity contribution < 1.29 is 9.18 Å². The number of nitrogens with one attached hydrogen (secondary N) is 3. The lowest BCUT2D eigenvalue weighted by atomic mass is 9.99. The molecule has 0 radical (unpaired) electrons. The van der Waals surface area contributed by atoms with E-state index in [1.165, 1.54) is 0 Å². The lowest BCUT2D eigenvalue weighted by Gasteiger charge is -2.22. The Labute approximate surface area is 153 Å². The summed E-state index contributed by atoms with van der Waals surface area (Å²) in [4.78, 5) is 26.9. The number of aromatic nitrogens is 4. The van der Waals surface area contributed by atoms with Crippen LogP contribution in [0.15, 0.2) is 24.7 Å². The van der Waals surface area contributed by atoms with E-state index in [0.29, 0.717) is 41.6 Å². The Bertz CT molecular complexity index is 965. The quantitative estimate of drug-likeness (QED) is 0.652. The van der Waals surface area contributed by atoms with Crippen molar-refractivity contribution >= 4 is 34.4 Å². The molecule has 9 heteroatoms. The van der Waals surface area contributed by atoms with E-state index in [1.807, 2.05) is 0 Å². The molecule has 1 atom stereocenters. The van der Waals surface area contributed by atoms with Crippen LogP contribution < -0.4 is 10.6 Å². The van der Waals surface area contributed by atoms with Crippen molar-refractivity contribution in [2.45, 2.75) is 12.8 Å². The van der Waals surface area contributed by atoms with E-state index in [1.54, 1.807) is 18.5 Å². The largest absolute Gasteiger partial charge is 0.367 e. The van der Waals surface area contributed by atoms with Gasteiger partial charge in [-0.15, -0.1) is 0 Å². The standard InChI is InChI=1S/C17H16ClFN6O/c18-10-3-11-12(7-23-15(11)22-6-10)16-24-8-13(19)17(25-16)21-5-9-1-2-14(26)20-4-9/h3,6-9H,1-2,4-5H2,(H,20,26)(H,22,23)(H,21,24,25). The summed E-state index contributed by atoms with van der Waals surface area (Å²) in [6.45, 7) is 1.10. The van der Waals surface area contributed by atoms with Crippen LogP contribution >= 0.6 is 11.6 Å². The van der Waals surface area contributed by atoms with Gasteiger partial charge in [-0.3, -0.25) is 4.79 Å². The first kappa shape index (κ1) is 16.7. The van der Waals surface area contributed by atoms with E-state index in [2.05, 4.69) is 30.6 Å². The Balaban J connectivity index is 1.57. The summed E-state index contributed by atoms with van der Waals surface area (Å²) in [7, 11) is 0. The van der Waals surface area contributed by atoms with Gasteiger partial charge < -0.3 is 15.6 Å². The van der Waals surface area contributed by atoms with Crippen LogP contribution in [-0.4, -0.2) is 38.9 Å². The van der Waals surface area contributed by atoms with Gasteiger partial charge in [0.1, 0.15) is 5.65 Å². The van der Waals surface area contributed by atoms with E-state index in [0.717, 1.165) is 18.0 Å². The molecule has 4 rings (SSSR count). The smallest absolute Gasteiger partial charge is 0.220 e. The Morgan fingerprint density at radius 2 is 2.23 bits per heavy atom. The van der Waals surface area contributed by atoms with E-state index in [4.69, 9.17) is 11.6 Å². The minimum Gasteiger partial charge on any atom is -0.367 e. The van der Waals surface area contributed by atoms with Crippen LogP contribution in [0.1, 0.15) is 12.8 Å². The number of H-pyrrole nitrogens is 1. The van der Waals surface area contributed by atoms with Gasteiger partial charge in [-0.05, 0) is 18.4 Å². The number of hydrogen-bond donors (Lipinski definition) is 3. The average molecular weight is 375 g/mol. The highest BCUT2D eigenvalue weighted by atomic mass is 35.5. The molecule has 1 unspecified atom stereocenters. The monoisotopic (exact) mass is 374 g/mol. The predicted molar refractivity (Wildman–Crippen MR) is 96.3 cm³/mol. The summed E-state index contributed by atoms with van der Waals surface area (Å²) in [5.74, 6) is 0.284. The fourth-order valence-electron chi connectivity index (χ4n) is 2.98. The number of rotatable bonds is 4. The van der Waals surface area contributed by atoms with Crippen LogP contribution in [0.2, 0.25) is 5.02 Å². The van der Waals surface area contributed by atoms with Crippen LogP contribution in [0, 0.1) is 11.7 Å². The molecule has 3 N–H and O–H groups in total. The average Bonchev–Trinajstić information content (AvgIpc) is 3.05. The number of aromatic amines is 1. The van der Waals surface area contributed by atoms with E-state index >= 15 is 0 Å². The number of carbonyl (C=O) groups excluding carboxylic acids is 1. The SMILES string of the molecule is O=C1CCC(CNc2nc(-c3c[nH]c4ncc(Cl)cc34)ncc2F)CN1. The number of fused-ring (bicyclic) bond motifs is 1. The molecule has 1 fully saturated rings. The summed E-state index contributed by atoms with van der Waals surface area (Å²) >= 11 is 6.02. The third kappa shape index (κ3) is 3.32. The second-order valence-corrected chi connectivity index (χ2v) is 6.67. The zero-order valence-electron chi connectivity index (χ0n) is 13.7. The Hall–Kier alpha value is -2.74. The second-order valence-electron chi connectivity index (χ2n) is 6.23. The molecular weight excluding hydrogens is 359 g/mol. The van der Waals surface area contributed by atoms with Gasteiger partial charge in [0.25, 0.3) is 0 Å². The van der Waals surface area contributed by atoms with Crippen molar-refractivity contribution in [3.8, 4) is 11.4 Å². The lowest BCUT2D eigenvalue weighted by Crippen LogP contribution is -2.37. The fraction of sp³-hybridized carbons (Fsp3) is 0.294. The van der Waals surface area contributed by atoms with Gasteiger partial charge in [0.15, 0.2) is 17.5 Å². The van der Waals surface area contributed by atoms with Crippen LogP contribution in [0.5, 0.6) is 0 Å². The number of nitrogens with zero attached hydrogens (tertiary/aromatic N) is 3. The molecule has 0 aliphatic carbocycles. The van der Waals surface area contributed by atoms with Crippen molar-refractivity contribution in [1.29, 1.82) is 0 Å². The lowest BCUT2D eigenvalue weighted by molar-refractivity contribution is -0.122. The molecular formula is C17H16ClFN6O. The number of hydrogen-bond acceptors (Lipinski definition) is 5. The molecule has 1 saturated heterocycles. The number of pyridine rings is 1. The summed E-state index contributed by atoms with van der Waals surface area (Å²) in [6.07, 6.45) is 5.68. The maximum atomic E-state index is 14.1. The normalized spacial score (nSPS) is 17.3. The molecule has 26 heavy (non-hydrogen) atoms. The van der Waals surface area contributed by atoms with Gasteiger partial charge in [-0.1, -0.05) is 11.6 Å². The number of halogens is 2. The second kappa shape index (κ2) is 6.87. The molecule has 3 aromatic rings. The van der Waals surface area contributed by atoms with Crippen molar-refractivity contribution in [3.63, 3.8) is 0 Å². The maximum absolute atomic E-state index is 14.1. The summed E-state index contributed by atoms with van der Waals surface area (Å²) in [5.41, 5.74) is 1.35. The Morgan fingerprint density at radius 3 is 3.04 bits per heavy atom. The minimum atomic E-state index is -0.524. The van der Waals surface area contributed by atoms with Crippen molar-refractivity contribution in [1.82, 2.24) is 25.3 Å². The van der Waals surface area contributed by atoms with Gasteiger partial charge in [0.2, 0.25) is 5.91 Å². The molecule has 4 heterocycles. The highest BCUT2D eigenvalue weighted by Crippen LogP contribution is 2.28. The number of amides is 1. The third-order valence-electron chi connectivity index (χ3n) is 4.41. The van der Waals surface area contributed by atoms with Crippen molar-refractivity contribution in [2.24, 2.45) is 5.92 Å². The highest BCUT2D eigenvalue weighted by molar-refractivity contribution is 6.31. The first-order chi connectivity index (χ1) is 12.6. The maximum Gasteiger partial charge on any atom is 0.220 e. The van der Waals surface area contributed by atoms with Gasteiger partial charge in [0.05, 0.1) is 11.2 Å². The molecule has 1 aliphatic rings. The first-order valence-electron chi connectivity index (χ1n) is 8.26. The highest BCUT2D eigenvalue weighted by Gasteiger charge is 2.19. The zero-order chi connectivity index (χ0) is 18.1. The Kier molecular flexibility index (Phi) is 4.42.